The minimum Gasteiger partial charge on any atom is -0.497 e. The number of carboxylic acid groups (broad SMARTS) is 1. The number of rotatable bonds is 5. The summed E-state index contributed by atoms with van der Waals surface area (Å²) in [6.45, 7) is 1.92. The number of hydrogen-bond acceptors (Lipinski definition) is 4. The quantitative estimate of drug-likeness (QED) is 0.804. The van der Waals surface area contributed by atoms with Gasteiger partial charge in [-0.05, 0) is 41.1 Å². The molecule has 0 fully saturated rings. The highest BCUT2D eigenvalue weighted by molar-refractivity contribution is 9.10. The zero-order chi connectivity index (χ0) is 15.4. The molecule has 0 spiro atoms. The van der Waals surface area contributed by atoms with E-state index in [2.05, 4.69) is 20.9 Å². The second-order valence-corrected chi connectivity index (χ2v) is 6.28. The van der Waals surface area contributed by atoms with Crippen molar-refractivity contribution in [1.29, 1.82) is 0 Å². The lowest BCUT2D eigenvalue weighted by Gasteiger charge is -2.07. The van der Waals surface area contributed by atoms with Crippen molar-refractivity contribution in [2.24, 2.45) is 0 Å². The summed E-state index contributed by atoms with van der Waals surface area (Å²) in [6.07, 6.45) is 0. The van der Waals surface area contributed by atoms with Gasteiger partial charge >= 0.3 is 5.97 Å². The molecule has 1 N–H and O–H groups in total. The van der Waals surface area contributed by atoms with Gasteiger partial charge in [0.05, 0.1) is 18.4 Å². The second-order valence-electron chi connectivity index (χ2n) is 4.38. The Morgan fingerprint density at radius 2 is 2.14 bits per heavy atom. The molecule has 21 heavy (non-hydrogen) atoms. The lowest BCUT2D eigenvalue weighted by atomic mass is 10.2. The normalized spacial score (nSPS) is 10.4. The molecule has 1 heterocycles. The first kappa shape index (κ1) is 15.9. The molecular weight excluding hydrogens is 354 g/mol. The van der Waals surface area contributed by atoms with Crippen LogP contribution < -0.4 is 4.74 Å². The Labute approximate surface area is 135 Å². The first-order valence-electron chi connectivity index (χ1n) is 6.17. The summed E-state index contributed by atoms with van der Waals surface area (Å²) in [4.78, 5) is 16.4. The topological polar surface area (TPSA) is 59.4 Å². The number of hydrogen-bond donors (Lipinski definition) is 1. The van der Waals surface area contributed by atoms with Crippen LogP contribution in [0.5, 0.6) is 5.75 Å². The molecule has 0 amide bonds. The van der Waals surface area contributed by atoms with Crippen LogP contribution in [0.2, 0.25) is 0 Å². The number of thioether (sulfide) groups is 1. The number of aromatic nitrogens is 1. The zero-order valence-electron chi connectivity index (χ0n) is 11.6. The lowest BCUT2D eigenvalue weighted by Crippen LogP contribution is -1.98. The van der Waals surface area contributed by atoms with E-state index in [-0.39, 0.29) is 5.56 Å². The number of methoxy groups -OCH3 is 1. The summed E-state index contributed by atoms with van der Waals surface area (Å²) >= 11 is 4.78. The Kier molecular flexibility index (Phi) is 5.25. The monoisotopic (exact) mass is 367 g/mol. The Hall–Kier alpha value is -1.53. The first-order chi connectivity index (χ1) is 9.99. The number of ether oxygens (including phenoxy) is 1. The van der Waals surface area contributed by atoms with E-state index in [1.54, 1.807) is 19.2 Å². The Balaban J connectivity index is 2.15. The number of pyridine rings is 1. The van der Waals surface area contributed by atoms with E-state index in [0.717, 1.165) is 22.0 Å². The van der Waals surface area contributed by atoms with Crippen molar-refractivity contribution in [3.63, 3.8) is 0 Å². The van der Waals surface area contributed by atoms with Gasteiger partial charge in [-0.15, -0.1) is 11.8 Å². The molecule has 0 aliphatic rings. The Bertz CT molecular complexity index is 676. The average Bonchev–Trinajstić information content (AvgIpc) is 2.45. The molecule has 2 aromatic rings. The van der Waals surface area contributed by atoms with Crippen LogP contribution in [0.25, 0.3) is 0 Å². The van der Waals surface area contributed by atoms with Crippen LogP contribution in [0.3, 0.4) is 0 Å². The first-order valence-corrected chi connectivity index (χ1v) is 7.94. The lowest BCUT2D eigenvalue weighted by molar-refractivity contribution is 0.0695. The van der Waals surface area contributed by atoms with E-state index in [0.29, 0.717) is 10.2 Å². The average molecular weight is 368 g/mol. The van der Waals surface area contributed by atoms with Crippen molar-refractivity contribution < 1.29 is 14.6 Å². The summed E-state index contributed by atoms with van der Waals surface area (Å²) in [5, 5.41) is 9.11. The van der Waals surface area contributed by atoms with Gasteiger partial charge in [-0.1, -0.05) is 0 Å². The van der Waals surface area contributed by atoms with Gasteiger partial charge in [0.25, 0.3) is 0 Å². The second kappa shape index (κ2) is 6.95. The third kappa shape index (κ3) is 4.22. The smallest absolute Gasteiger partial charge is 0.336 e. The highest BCUT2D eigenvalue weighted by atomic mass is 79.9. The van der Waals surface area contributed by atoms with E-state index in [1.807, 2.05) is 25.1 Å². The molecule has 1 aromatic carbocycles. The van der Waals surface area contributed by atoms with E-state index < -0.39 is 5.97 Å². The number of halogens is 1. The van der Waals surface area contributed by atoms with Gasteiger partial charge in [0, 0.05) is 32.9 Å². The van der Waals surface area contributed by atoms with Crippen LogP contribution in [0.15, 0.2) is 39.7 Å². The van der Waals surface area contributed by atoms with Crippen LogP contribution in [0.1, 0.15) is 21.7 Å². The number of aryl methyl sites for hydroxylation is 1. The molecule has 4 nitrogen and oxygen atoms in total. The van der Waals surface area contributed by atoms with E-state index in [9.17, 15) is 4.79 Å². The van der Waals surface area contributed by atoms with Gasteiger partial charge in [0.2, 0.25) is 0 Å². The van der Waals surface area contributed by atoms with Gasteiger partial charge in [-0.2, -0.15) is 0 Å². The molecule has 110 valence electrons. The molecule has 0 saturated heterocycles. The molecule has 0 atom stereocenters. The number of benzene rings is 1. The predicted molar refractivity (Wildman–Crippen MR) is 86.2 cm³/mol. The van der Waals surface area contributed by atoms with E-state index in [1.165, 1.54) is 11.8 Å². The molecular formula is C15H14BrNO3S. The van der Waals surface area contributed by atoms with Crippen LogP contribution in [0, 0.1) is 6.92 Å². The van der Waals surface area contributed by atoms with Crippen molar-refractivity contribution >= 4 is 33.7 Å². The van der Waals surface area contributed by atoms with Gasteiger partial charge in [0.1, 0.15) is 5.75 Å². The van der Waals surface area contributed by atoms with Crippen molar-refractivity contribution in [3.8, 4) is 5.75 Å². The van der Waals surface area contributed by atoms with Crippen LogP contribution in [-0.2, 0) is 5.75 Å². The summed E-state index contributed by atoms with van der Waals surface area (Å²) < 4.78 is 5.80. The van der Waals surface area contributed by atoms with Crippen LogP contribution in [0.4, 0.5) is 0 Å². The molecule has 0 saturated carbocycles. The zero-order valence-corrected chi connectivity index (χ0v) is 14.0. The van der Waals surface area contributed by atoms with E-state index >= 15 is 0 Å². The molecule has 2 rings (SSSR count). The molecule has 0 aliphatic carbocycles. The largest absolute Gasteiger partial charge is 0.497 e. The number of aromatic carboxylic acids is 1. The van der Waals surface area contributed by atoms with Gasteiger partial charge in [0.15, 0.2) is 0 Å². The standard InChI is InChI=1S/C15H14BrNO3S/c1-9-5-11(20-2)6-10(17-9)8-21-12-3-4-14(16)13(7-12)15(18)19/h3-7H,8H2,1-2H3,(H,18,19). The number of carboxylic acids is 1. The van der Waals surface area contributed by atoms with Crippen LogP contribution in [-0.4, -0.2) is 23.2 Å². The van der Waals surface area contributed by atoms with Crippen molar-refractivity contribution in [1.82, 2.24) is 4.98 Å². The fourth-order valence-electron chi connectivity index (χ4n) is 1.81. The highest BCUT2D eigenvalue weighted by Gasteiger charge is 2.10. The molecule has 1 aromatic heterocycles. The summed E-state index contributed by atoms with van der Waals surface area (Å²) in [7, 11) is 1.62. The minimum absolute atomic E-state index is 0.259. The third-order valence-corrected chi connectivity index (χ3v) is 4.49. The maximum atomic E-state index is 11.1. The Morgan fingerprint density at radius 1 is 1.38 bits per heavy atom. The van der Waals surface area contributed by atoms with Crippen molar-refractivity contribution in [2.75, 3.05) is 7.11 Å². The van der Waals surface area contributed by atoms with Crippen molar-refractivity contribution in [3.05, 3.63) is 51.8 Å². The maximum absolute atomic E-state index is 11.1. The predicted octanol–water partition coefficient (Wildman–Crippen LogP) is 4.15. The van der Waals surface area contributed by atoms with Crippen molar-refractivity contribution in [2.45, 2.75) is 17.6 Å². The fraction of sp³-hybridized carbons (Fsp3) is 0.200. The van der Waals surface area contributed by atoms with Gasteiger partial charge in [-0.3, -0.25) is 4.98 Å². The molecule has 0 bridgehead atoms. The van der Waals surface area contributed by atoms with Crippen LogP contribution >= 0.6 is 27.7 Å². The minimum atomic E-state index is -0.945. The SMILES string of the molecule is COc1cc(C)nc(CSc2ccc(Br)c(C(=O)O)c2)c1. The Morgan fingerprint density at radius 3 is 2.81 bits per heavy atom. The van der Waals surface area contributed by atoms with E-state index in [4.69, 9.17) is 9.84 Å². The van der Waals surface area contributed by atoms with Gasteiger partial charge in [-0.25, -0.2) is 4.79 Å². The number of carbonyl (C=O) groups is 1. The third-order valence-electron chi connectivity index (χ3n) is 2.77. The summed E-state index contributed by atoms with van der Waals surface area (Å²) in [5.41, 5.74) is 2.05. The maximum Gasteiger partial charge on any atom is 0.336 e. The molecule has 6 heteroatoms. The summed E-state index contributed by atoms with van der Waals surface area (Å²) in [6, 6.07) is 9.04. The summed E-state index contributed by atoms with van der Waals surface area (Å²) in [5.74, 6) is 0.485. The molecule has 0 radical (unpaired) electrons. The molecule has 0 unspecified atom stereocenters. The fourth-order valence-corrected chi connectivity index (χ4v) is 3.05. The number of nitrogens with zero attached hydrogens (tertiary/aromatic N) is 1. The highest BCUT2D eigenvalue weighted by Crippen LogP contribution is 2.28. The molecule has 0 aliphatic heterocycles. The van der Waals surface area contributed by atoms with Gasteiger partial charge < -0.3 is 9.84 Å².